The number of anilines is 1. The Morgan fingerprint density at radius 2 is 1.94 bits per heavy atom. The number of ether oxygens (including phenoxy) is 1. The fraction of sp³-hybridized carbons (Fsp3) is 0.571. The van der Waals surface area contributed by atoms with Crippen LogP contribution < -0.4 is 15.4 Å². The molecule has 0 aliphatic carbocycles. The van der Waals surface area contributed by atoms with E-state index in [4.69, 9.17) is 10.5 Å². The minimum atomic E-state index is 0.762. The number of rotatable bonds is 6. The lowest BCUT2D eigenvalue weighted by Crippen LogP contribution is -2.21. The lowest BCUT2D eigenvalue weighted by Gasteiger charge is -2.24. The van der Waals surface area contributed by atoms with Crippen LogP contribution in [0, 0.1) is 13.8 Å². The van der Waals surface area contributed by atoms with E-state index in [0.717, 1.165) is 31.7 Å². The maximum absolute atomic E-state index is 5.52. The summed E-state index contributed by atoms with van der Waals surface area (Å²) < 4.78 is 5.47. The molecule has 0 aliphatic heterocycles. The first kappa shape index (κ1) is 13.8. The zero-order valence-electron chi connectivity index (χ0n) is 11.4. The summed E-state index contributed by atoms with van der Waals surface area (Å²) in [4.78, 5) is 2.25. The molecule has 96 valence electrons. The molecule has 0 saturated carbocycles. The number of hydrogen-bond donors (Lipinski definition) is 1. The third kappa shape index (κ3) is 3.63. The zero-order valence-corrected chi connectivity index (χ0v) is 11.4. The van der Waals surface area contributed by atoms with E-state index in [9.17, 15) is 0 Å². The molecular weight excluding hydrogens is 212 g/mol. The molecule has 0 aliphatic rings. The summed E-state index contributed by atoms with van der Waals surface area (Å²) in [6.45, 7) is 5.99. The van der Waals surface area contributed by atoms with Crippen LogP contribution in [-0.2, 0) is 0 Å². The highest BCUT2D eigenvalue weighted by molar-refractivity contribution is 5.64. The van der Waals surface area contributed by atoms with Crippen molar-refractivity contribution in [3.63, 3.8) is 0 Å². The van der Waals surface area contributed by atoms with Gasteiger partial charge in [-0.1, -0.05) is 6.07 Å². The summed E-state index contributed by atoms with van der Waals surface area (Å²) in [5, 5.41) is 0. The van der Waals surface area contributed by atoms with Crippen LogP contribution in [0.25, 0.3) is 0 Å². The Morgan fingerprint density at radius 3 is 2.53 bits per heavy atom. The van der Waals surface area contributed by atoms with Crippen LogP contribution in [0.1, 0.15) is 24.0 Å². The maximum atomic E-state index is 5.52. The smallest absolute Gasteiger partial charge is 0.142 e. The first-order chi connectivity index (χ1) is 8.10. The first-order valence-corrected chi connectivity index (χ1v) is 6.16. The molecule has 0 saturated heterocycles. The normalized spacial score (nSPS) is 10.4. The van der Waals surface area contributed by atoms with Gasteiger partial charge in [-0.05, 0) is 50.4 Å². The van der Waals surface area contributed by atoms with E-state index in [-0.39, 0.29) is 0 Å². The van der Waals surface area contributed by atoms with Gasteiger partial charge in [-0.2, -0.15) is 0 Å². The van der Waals surface area contributed by atoms with Gasteiger partial charge in [-0.3, -0.25) is 0 Å². The van der Waals surface area contributed by atoms with Gasteiger partial charge < -0.3 is 15.4 Å². The third-order valence-electron chi connectivity index (χ3n) is 2.96. The van der Waals surface area contributed by atoms with Gasteiger partial charge in [0.1, 0.15) is 5.75 Å². The molecule has 0 aromatic heterocycles. The van der Waals surface area contributed by atoms with Crippen molar-refractivity contribution < 1.29 is 4.74 Å². The minimum Gasteiger partial charge on any atom is -0.495 e. The lowest BCUT2D eigenvalue weighted by atomic mass is 10.1. The average molecular weight is 236 g/mol. The summed E-state index contributed by atoms with van der Waals surface area (Å²) in [5.41, 5.74) is 9.20. The summed E-state index contributed by atoms with van der Waals surface area (Å²) >= 11 is 0. The predicted octanol–water partition coefficient (Wildman–Crippen LogP) is 2.49. The zero-order chi connectivity index (χ0) is 12.8. The summed E-state index contributed by atoms with van der Waals surface area (Å²) in [6, 6.07) is 4.28. The topological polar surface area (TPSA) is 38.5 Å². The van der Waals surface area contributed by atoms with Crippen molar-refractivity contribution in [3.05, 3.63) is 23.3 Å². The van der Waals surface area contributed by atoms with Crippen LogP contribution in [0.3, 0.4) is 0 Å². The number of hydrogen-bond acceptors (Lipinski definition) is 3. The maximum Gasteiger partial charge on any atom is 0.142 e. The molecule has 3 nitrogen and oxygen atoms in total. The molecule has 0 radical (unpaired) electrons. The molecule has 1 aromatic rings. The first-order valence-electron chi connectivity index (χ1n) is 6.16. The second kappa shape index (κ2) is 6.50. The van der Waals surface area contributed by atoms with E-state index in [1.165, 1.54) is 16.8 Å². The standard InChI is InChI=1S/C14H24N2O/c1-11-9-12(2)14(13(10-11)17-4)16(3)8-6-5-7-15/h9-10H,5-8,15H2,1-4H3. The SMILES string of the molecule is COc1cc(C)cc(C)c1N(C)CCCCN. The Kier molecular flexibility index (Phi) is 5.29. The van der Waals surface area contributed by atoms with Crippen molar-refractivity contribution in [2.45, 2.75) is 26.7 Å². The monoisotopic (exact) mass is 236 g/mol. The summed E-state index contributed by atoms with van der Waals surface area (Å²) in [6.07, 6.45) is 2.18. The van der Waals surface area contributed by atoms with Gasteiger partial charge in [0.25, 0.3) is 0 Å². The quantitative estimate of drug-likeness (QED) is 0.771. The highest BCUT2D eigenvalue weighted by Crippen LogP contribution is 2.32. The van der Waals surface area contributed by atoms with Crippen molar-refractivity contribution >= 4 is 5.69 Å². The Balaban J connectivity index is 2.87. The number of unbranched alkanes of at least 4 members (excludes halogenated alkanes) is 1. The van der Waals surface area contributed by atoms with Gasteiger partial charge in [0.2, 0.25) is 0 Å². The fourth-order valence-electron chi connectivity index (χ4n) is 2.17. The Morgan fingerprint density at radius 1 is 1.24 bits per heavy atom. The molecule has 0 amide bonds. The van der Waals surface area contributed by atoms with Crippen molar-refractivity contribution in [1.29, 1.82) is 0 Å². The van der Waals surface area contributed by atoms with Crippen LogP contribution in [0.2, 0.25) is 0 Å². The van der Waals surface area contributed by atoms with Crippen LogP contribution in [0.15, 0.2) is 12.1 Å². The van der Waals surface area contributed by atoms with E-state index in [1.807, 2.05) is 0 Å². The highest BCUT2D eigenvalue weighted by atomic mass is 16.5. The van der Waals surface area contributed by atoms with Crippen LogP contribution >= 0.6 is 0 Å². The lowest BCUT2D eigenvalue weighted by molar-refractivity contribution is 0.414. The molecule has 17 heavy (non-hydrogen) atoms. The van der Waals surface area contributed by atoms with Gasteiger partial charge in [0.05, 0.1) is 12.8 Å². The highest BCUT2D eigenvalue weighted by Gasteiger charge is 2.11. The number of nitrogens with two attached hydrogens (primary N) is 1. The van der Waals surface area contributed by atoms with Crippen molar-refractivity contribution in [2.24, 2.45) is 5.73 Å². The molecule has 1 rings (SSSR count). The van der Waals surface area contributed by atoms with E-state index in [2.05, 4.69) is 37.9 Å². The second-order valence-corrected chi connectivity index (χ2v) is 4.55. The molecule has 0 atom stereocenters. The van der Waals surface area contributed by atoms with E-state index in [1.54, 1.807) is 7.11 Å². The number of nitrogens with zero attached hydrogens (tertiary/aromatic N) is 1. The summed E-state index contributed by atoms with van der Waals surface area (Å²) in [7, 11) is 3.84. The Hall–Kier alpha value is -1.22. The van der Waals surface area contributed by atoms with Gasteiger partial charge in [-0.25, -0.2) is 0 Å². The van der Waals surface area contributed by atoms with Gasteiger partial charge in [0.15, 0.2) is 0 Å². The summed E-state index contributed by atoms with van der Waals surface area (Å²) in [5.74, 6) is 0.956. The molecule has 2 N–H and O–H groups in total. The molecule has 0 spiro atoms. The van der Waals surface area contributed by atoms with Gasteiger partial charge in [-0.15, -0.1) is 0 Å². The van der Waals surface area contributed by atoms with E-state index >= 15 is 0 Å². The van der Waals surface area contributed by atoms with Crippen LogP contribution in [0.4, 0.5) is 5.69 Å². The minimum absolute atomic E-state index is 0.762. The molecule has 1 aromatic carbocycles. The number of aryl methyl sites for hydroxylation is 2. The predicted molar refractivity (Wildman–Crippen MR) is 74.0 cm³/mol. The molecule has 0 bridgehead atoms. The van der Waals surface area contributed by atoms with Crippen molar-refractivity contribution in [1.82, 2.24) is 0 Å². The molecular formula is C14H24N2O. The van der Waals surface area contributed by atoms with E-state index < -0.39 is 0 Å². The fourth-order valence-corrected chi connectivity index (χ4v) is 2.17. The number of benzene rings is 1. The molecule has 0 unspecified atom stereocenters. The van der Waals surface area contributed by atoms with Crippen LogP contribution in [-0.4, -0.2) is 27.2 Å². The average Bonchev–Trinajstić information content (AvgIpc) is 2.27. The Labute approximate surface area is 105 Å². The molecule has 3 heteroatoms. The van der Waals surface area contributed by atoms with Crippen molar-refractivity contribution in [3.8, 4) is 5.75 Å². The van der Waals surface area contributed by atoms with Crippen LogP contribution in [0.5, 0.6) is 5.75 Å². The van der Waals surface area contributed by atoms with Crippen molar-refractivity contribution in [2.75, 3.05) is 32.1 Å². The van der Waals surface area contributed by atoms with E-state index in [0.29, 0.717) is 0 Å². The largest absolute Gasteiger partial charge is 0.495 e. The second-order valence-electron chi connectivity index (χ2n) is 4.55. The molecule has 0 fully saturated rings. The third-order valence-corrected chi connectivity index (χ3v) is 2.96. The molecule has 0 heterocycles. The number of methoxy groups -OCH3 is 1. The van der Waals surface area contributed by atoms with Gasteiger partial charge >= 0.3 is 0 Å². The Bertz CT molecular complexity index is 363. The van der Waals surface area contributed by atoms with Gasteiger partial charge in [0, 0.05) is 13.6 Å².